The molecular weight excluding hydrogens is 174 g/mol. The van der Waals surface area contributed by atoms with Gasteiger partial charge in [-0.3, -0.25) is 0 Å². The number of nitrogens with zero attached hydrogens (tertiary/aromatic N) is 2. The van der Waals surface area contributed by atoms with Crippen LogP contribution in [0.15, 0.2) is 5.38 Å². The van der Waals surface area contributed by atoms with Gasteiger partial charge >= 0.3 is 0 Å². The highest BCUT2D eigenvalue weighted by Crippen LogP contribution is 2.19. The molecule has 0 unspecified atom stereocenters. The Bertz CT molecular complexity index is 238. The van der Waals surface area contributed by atoms with Crippen LogP contribution in [0.25, 0.3) is 0 Å². The fourth-order valence-corrected chi connectivity index (χ4v) is 1.48. The normalized spacial score (nSPS) is 10.2. The highest BCUT2D eigenvalue weighted by molar-refractivity contribution is 7.14. The summed E-state index contributed by atoms with van der Waals surface area (Å²) >= 11 is 1.54. The van der Waals surface area contributed by atoms with Gasteiger partial charge in [0.15, 0.2) is 5.13 Å². The molecule has 0 fully saturated rings. The summed E-state index contributed by atoms with van der Waals surface area (Å²) in [4.78, 5) is 6.15. The molecule has 0 saturated carbocycles. The zero-order chi connectivity index (χ0) is 8.97. The molecule has 0 saturated heterocycles. The number of nitrogens with two attached hydrogens (primary N) is 1. The van der Waals surface area contributed by atoms with Crippen LogP contribution in [0.3, 0.4) is 0 Å². The minimum atomic E-state index is 0.583. The van der Waals surface area contributed by atoms with Gasteiger partial charge in [-0.25, -0.2) is 4.98 Å². The molecule has 0 aliphatic rings. The maximum absolute atomic E-state index is 5.49. The second kappa shape index (κ2) is 4.27. The predicted molar refractivity (Wildman–Crippen MR) is 51.7 cm³/mol. The van der Waals surface area contributed by atoms with Crippen molar-refractivity contribution in [2.45, 2.75) is 0 Å². The zero-order valence-corrected chi connectivity index (χ0v) is 8.10. The van der Waals surface area contributed by atoms with Crippen LogP contribution in [0.4, 0.5) is 10.9 Å². The fourth-order valence-electron chi connectivity index (χ4n) is 0.775. The Labute approximate surface area is 76.0 Å². The molecule has 0 spiro atoms. The number of methoxy groups -OCH3 is 1. The van der Waals surface area contributed by atoms with Crippen LogP contribution in [-0.2, 0) is 4.74 Å². The van der Waals surface area contributed by atoms with E-state index in [2.05, 4.69) is 4.98 Å². The molecule has 4 nitrogen and oxygen atoms in total. The van der Waals surface area contributed by atoms with Crippen LogP contribution in [0, 0.1) is 0 Å². The van der Waals surface area contributed by atoms with Crippen LogP contribution >= 0.6 is 11.3 Å². The largest absolute Gasteiger partial charge is 0.383 e. The van der Waals surface area contributed by atoms with E-state index in [0.717, 1.165) is 11.7 Å². The van der Waals surface area contributed by atoms with E-state index < -0.39 is 0 Å². The highest BCUT2D eigenvalue weighted by atomic mass is 32.1. The highest BCUT2D eigenvalue weighted by Gasteiger charge is 2.03. The number of thiazole rings is 1. The average molecular weight is 187 g/mol. The molecule has 0 aliphatic heterocycles. The number of anilines is 2. The zero-order valence-electron chi connectivity index (χ0n) is 7.28. The minimum absolute atomic E-state index is 0.583. The Hall–Kier alpha value is -0.810. The van der Waals surface area contributed by atoms with E-state index in [1.165, 1.54) is 0 Å². The van der Waals surface area contributed by atoms with Crippen molar-refractivity contribution in [1.82, 2.24) is 4.98 Å². The molecule has 0 bridgehead atoms. The first-order chi connectivity index (χ1) is 5.74. The quantitative estimate of drug-likeness (QED) is 0.757. The van der Waals surface area contributed by atoms with E-state index in [1.54, 1.807) is 18.4 Å². The van der Waals surface area contributed by atoms with Crippen LogP contribution in [0.1, 0.15) is 0 Å². The number of aromatic nitrogens is 1. The Morgan fingerprint density at radius 1 is 1.75 bits per heavy atom. The third kappa shape index (κ3) is 2.35. The summed E-state index contributed by atoms with van der Waals surface area (Å²) in [6.45, 7) is 1.54. The lowest BCUT2D eigenvalue weighted by Gasteiger charge is -2.14. The first-order valence-electron chi connectivity index (χ1n) is 3.65. The van der Waals surface area contributed by atoms with Crippen molar-refractivity contribution in [3.8, 4) is 0 Å². The van der Waals surface area contributed by atoms with Gasteiger partial charge in [-0.2, -0.15) is 0 Å². The monoisotopic (exact) mass is 187 g/mol. The molecular formula is C7H13N3OS. The maximum atomic E-state index is 5.49. The number of nitrogen functional groups attached to an aromatic ring is 1. The molecule has 0 aliphatic carbocycles. The summed E-state index contributed by atoms with van der Waals surface area (Å²) in [7, 11) is 3.65. The fraction of sp³-hybridized carbons (Fsp3) is 0.571. The molecule has 1 heterocycles. The van der Waals surface area contributed by atoms with Gasteiger partial charge in [0.1, 0.15) is 5.82 Å². The molecule has 68 valence electrons. The first-order valence-corrected chi connectivity index (χ1v) is 4.53. The average Bonchev–Trinajstić information content (AvgIpc) is 2.47. The Morgan fingerprint density at radius 2 is 2.50 bits per heavy atom. The molecule has 1 rings (SSSR count). The van der Waals surface area contributed by atoms with Crippen molar-refractivity contribution in [3.63, 3.8) is 0 Å². The van der Waals surface area contributed by atoms with Crippen molar-refractivity contribution in [2.75, 3.05) is 37.9 Å². The van der Waals surface area contributed by atoms with Gasteiger partial charge in [0.05, 0.1) is 6.61 Å². The van der Waals surface area contributed by atoms with Crippen LogP contribution < -0.4 is 10.6 Å². The van der Waals surface area contributed by atoms with Gasteiger partial charge in [-0.1, -0.05) is 0 Å². The first kappa shape index (κ1) is 9.28. The number of rotatable bonds is 4. The predicted octanol–water partition coefficient (Wildman–Crippen LogP) is 0.808. The number of hydrogen-bond acceptors (Lipinski definition) is 5. The lowest BCUT2D eigenvalue weighted by atomic mass is 10.6. The standard InChI is InChI=1S/C7H13N3OS/c1-10(3-4-11-2)7-9-6(8)5-12-7/h5H,3-4,8H2,1-2H3. The van der Waals surface area contributed by atoms with Gasteiger partial charge < -0.3 is 15.4 Å². The van der Waals surface area contributed by atoms with Gasteiger partial charge in [0.25, 0.3) is 0 Å². The molecule has 0 radical (unpaired) electrons. The van der Waals surface area contributed by atoms with E-state index in [1.807, 2.05) is 17.3 Å². The maximum Gasteiger partial charge on any atom is 0.187 e. The summed E-state index contributed by atoms with van der Waals surface area (Å²) in [6.07, 6.45) is 0. The smallest absolute Gasteiger partial charge is 0.187 e. The van der Waals surface area contributed by atoms with E-state index in [0.29, 0.717) is 12.4 Å². The van der Waals surface area contributed by atoms with E-state index in [9.17, 15) is 0 Å². The summed E-state index contributed by atoms with van der Waals surface area (Å²) in [5.41, 5.74) is 5.49. The SMILES string of the molecule is COCCN(C)c1nc(N)cs1. The van der Waals surface area contributed by atoms with Gasteiger partial charge in [-0.15, -0.1) is 11.3 Å². The summed E-state index contributed by atoms with van der Waals surface area (Å²) in [5.74, 6) is 0.583. The van der Waals surface area contributed by atoms with Crippen molar-refractivity contribution in [2.24, 2.45) is 0 Å². The topological polar surface area (TPSA) is 51.4 Å². The van der Waals surface area contributed by atoms with Crippen molar-refractivity contribution in [3.05, 3.63) is 5.38 Å². The minimum Gasteiger partial charge on any atom is -0.383 e. The van der Waals surface area contributed by atoms with Crippen LogP contribution in [0.5, 0.6) is 0 Å². The van der Waals surface area contributed by atoms with E-state index >= 15 is 0 Å². The molecule has 0 atom stereocenters. The van der Waals surface area contributed by atoms with E-state index in [4.69, 9.17) is 10.5 Å². The third-order valence-electron chi connectivity index (χ3n) is 1.47. The van der Waals surface area contributed by atoms with Crippen LogP contribution in [0.2, 0.25) is 0 Å². The molecule has 0 aromatic carbocycles. The van der Waals surface area contributed by atoms with Crippen molar-refractivity contribution >= 4 is 22.3 Å². The van der Waals surface area contributed by atoms with Gasteiger partial charge in [-0.05, 0) is 0 Å². The second-order valence-corrected chi connectivity index (χ2v) is 3.31. The lowest BCUT2D eigenvalue weighted by molar-refractivity contribution is 0.206. The summed E-state index contributed by atoms with van der Waals surface area (Å²) in [5, 5.41) is 2.77. The Kier molecular flexibility index (Phi) is 3.31. The van der Waals surface area contributed by atoms with Gasteiger partial charge in [0.2, 0.25) is 0 Å². The molecule has 2 N–H and O–H groups in total. The third-order valence-corrected chi connectivity index (χ3v) is 2.44. The van der Waals surface area contributed by atoms with Crippen molar-refractivity contribution in [1.29, 1.82) is 0 Å². The molecule has 1 aromatic heterocycles. The lowest BCUT2D eigenvalue weighted by Crippen LogP contribution is -2.21. The second-order valence-electron chi connectivity index (χ2n) is 2.47. The summed E-state index contributed by atoms with van der Waals surface area (Å²) < 4.78 is 4.94. The number of ether oxygens (including phenoxy) is 1. The molecule has 1 aromatic rings. The Morgan fingerprint density at radius 3 is 3.00 bits per heavy atom. The molecule has 0 amide bonds. The van der Waals surface area contributed by atoms with Gasteiger partial charge in [0, 0.05) is 26.1 Å². The number of likely N-dealkylation sites (N-methyl/N-ethyl adjacent to an activating group) is 1. The summed E-state index contributed by atoms with van der Waals surface area (Å²) in [6, 6.07) is 0. The number of hydrogen-bond donors (Lipinski definition) is 1. The van der Waals surface area contributed by atoms with E-state index in [-0.39, 0.29) is 0 Å². The van der Waals surface area contributed by atoms with Crippen LogP contribution in [-0.4, -0.2) is 32.3 Å². The Balaban J connectivity index is 2.47. The molecule has 12 heavy (non-hydrogen) atoms. The molecule has 5 heteroatoms. The van der Waals surface area contributed by atoms with Crippen molar-refractivity contribution < 1.29 is 4.74 Å².